The number of halogens is 1. The Morgan fingerprint density at radius 3 is 2.54 bits per heavy atom. The van der Waals surface area contributed by atoms with Crippen molar-refractivity contribution < 1.29 is 23.7 Å². The topological polar surface area (TPSA) is 46.2 Å². The van der Waals surface area contributed by atoms with E-state index in [2.05, 4.69) is 0 Å². The maximum atomic E-state index is 6.40. The van der Waals surface area contributed by atoms with E-state index >= 15 is 0 Å². The average molecular weight is 411 g/mol. The van der Waals surface area contributed by atoms with E-state index in [0.29, 0.717) is 19.1 Å². The number of allylic oxidation sites excluding steroid dienone is 1. The van der Waals surface area contributed by atoms with Crippen LogP contribution in [0.4, 0.5) is 0 Å². The first-order chi connectivity index (χ1) is 13.3. The zero-order valence-electron chi connectivity index (χ0n) is 17.1. The lowest BCUT2D eigenvalue weighted by atomic mass is 9.99. The minimum Gasteiger partial charge on any atom is -0.368 e. The Morgan fingerprint density at radius 2 is 1.86 bits per heavy atom. The molecular weight excluding hydrogens is 380 g/mol. The first kappa shape index (κ1) is 21.8. The van der Waals surface area contributed by atoms with Gasteiger partial charge >= 0.3 is 0 Å². The second-order valence-electron chi connectivity index (χ2n) is 8.10. The molecule has 1 aromatic carbocycles. The van der Waals surface area contributed by atoms with Gasteiger partial charge in [-0.25, -0.2) is 0 Å². The summed E-state index contributed by atoms with van der Waals surface area (Å²) in [6.45, 7) is 8.76. The Labute approximate surface area is 172 Å². The fraction of sp³-hybridized carbons (Fsp3) is 0.636. The van der Waals surface area contributed by atoms with Gasteiger partial charge in [-0.15, -0.1) is 11.6 Å². The van der Waals surface area contributed by atoms with E-state index in [1.165, 1.54) is 0 Å². The molecule has 6 heteroatoms. The van der Waals surface area contributed by atoms with Gasteiger partial charge in [-0.2, -0.15) is 0 Å². The molecular formula is C22H31ClO5. The molecule has 2 heterocycles. The lowest BCUT2D eigenvalue weighted by Gasteiger charge is -2.41. The smallest absolute Gasteiger partial charge is 0.164 e. The van der Waals surface area contributed by atoms with Gasteiger partial charge in [0.15, 0.2) is 11.6 Å². The second-order valence-corrected chi connectivity index (χ2v) is 8.41. The third kappa shape index (κ3) is 5.78. The van der Waals surface area contributed by atoms with E-state index in [0.717, 1.165) is 12.0 Å². The van der Waals surface area contributed by atoms with Crippen LogP contribution < -0.4 is 0 Å². The third-order valence-corrected chi connectivity index (χ3v) is 5.02. The summed E-state index contributed by atoms with van der Waals surface area (Å²) in [5, 5.41) is 0. The van der Waals surface area contributed by atoms with Gasteiger partial charge < -0.3 is 23.7 Å². The Balaban J connectivity index is 1.82. The Morgan fingerprint density at radius 1 is 1.11 bits per heavy atom. The van der Waals surface area contributed by atoms with Gasteiger partial charge in [-0.3, -0.25) is 0 Å². The summed E-state index contributed by atoms with van der Waals surface area (Å²) in [5.41, 5.74) is 1.10. The second kappa shape index (κ2) is 9.24. The predicted molar refractivity (Wildman–Crippen MR) is 108 cm³/mol. The number of benzene rings is 1. The standard InChI is InChI=1S/C22H31ClO5/c1-21(2)25-14-12-18(26-21)19(24-15-16-9-6-5-7-10-16)20-17(11-8-13-23)27-22(3,4)28-20/h5-11,17-20H,12-15H2,1-4H3/b11-8+/t17-,18+,19+,20-/m0/s1. The molecule has 0 N–H and O–H groups in total. The van der Waals surface area contributed by atoms with E-state index in [-0.39, 0.29) is 24.4 Å². The largest absolute Gasteiger partial charge is 0.368 e. The van der Waals surface area contributed by atoms with Gasteiger partial charge in [0, 0.05) is 5.88 Å². The number of rotatable bonds is 7. The van der Waals surface area contributed by atoms with Crippen molar-refractivity contribution in [3.8, 4) is 0 Å². The summed E-state index contributed by atoms with van der Waals surface area (Å²) in [4.78, 5) is 0. The quantitative estimate of drug-likeness (QED) is 0.491. The first-order valence-electron chi connectivity index (χ1n) is 9.85. The summed E-state index contributed by atoms with van der Waals surface area (Å²) in [6, 6.07) is 10.1. The molecule has 2 aliphatic heterocycles. The molecule has 1 aromatic rings. The molecule has 0 unspecified atom stereocenters. The maximum absolute atomic E-state index is 6.40. The van der Waals surface area contributed by atoms with Gasteiger partial charge in [0.25, 0.3) is 0 Å². The first-order valence-corrected chi connectivity index (χ1v) is 10.4. The normalized spacial score (nSPS) is 30.5. The molecule has 0 amide bonds. The van der Waals surface area contributed by atoms with Crippen LogP contribution in [0.15, 0.2) is 42.5 Å². The zero-order chi connectivity index (χ0) is 20.2. The Hall–Kier alpha value is -0.950. The van der Waals surface area contributed by atoms with Crippen LogP contribution in [-0.4, -0.2) is 48.5 Å². The number of ether oxygens (including phenoxy) is 5. The molecule has 2 fully saturated rings. The molecule has 0 bridgehead atoms. The van der Waals surface area contributed by atoms with Crippen LogP contribution in [0.5, 0.6) is 0 Å². The molecule has 156 valence electrons. The highest BCUT2D eigenvalue weighted by atomic mass is 35.5. The number of hydrogen-bond donors (Lipinski definition) is 0. The summed E-state index contributed by atoms with van der Waals surface area (Å²) < 4.78 is 30.7. The highest BCUT2D eigenvalue weighted by molar-refractivity contribution is 6.18. The van der Waals surface area contributed by atoms with Crippen LogP contribution in [0.2, 0.25) is 0 Å². The zero-order valence-corrected chi connectivity index (χ0v) is 17.9. The van der Waals surface area contributed by atoms with Crippen LogP contribution in [0.3, 0.4) is 0 Å². The molecule has 0 saturated carbocycles. The summed E-state index contributed by atoms with van der Waals surface area (Å²) in [5.74, 6) is -0.946. The van der Waals surface area contributed by atoms with E-state index in [1.54, 1.807) is 0 Å². The predicted octanol–water partition coefficient (Wildman–Crippen LogP) is 4.43. The Bertz CT molecular complexity index is 646. The van der Waals surface area contributed by atoms with Crippen molar-refractivity contribution in [3.63, 3.8) is 0 Å². The minimum absolute atomic E-state index is 0.165. The minimum atomic E-state index is -0.707. The average Bonchev–Trinajstić information content (AvgIpc) is 2.95. The van der Waals surface area contributed by atoms with Gasteiger partial charge in [0.2, 0.25) is 0 Å². The summed E-state index contributed by atoms with van der Waals surface area (Å²) >= 11 is 5.85. The van der Waals surface area contributed by atoms with Gasteiger partial charge in [0.1, 0.15) is 18.3 Å². The highest BCUT2D eigenvalue weighted by Gasteiger charge is 2.49. The SMILES string of the molecule is CC1(C)O[C@H]([C@H](OCc2ccccc2)[C@H]2CCOC(C)(C)O2)[C@H](/C=C/CCl)O1. The summed E-state index contributed by atoms with van der Waals surface area (Å²) in [7, 11) is 0. The van der Waals surface area contributed by atoms with Crippen molar-refractivity contribution in [3.05, 3.63) is 48.0 Å². The van der Waals surface area contributed by atoms with Crippen LogP contribution in [0.1, 0.15) is 39.7 Å². The Kier molecular flexibility index (Phi) is 7.18. The molecule has 0 aliphatic carbocycles. The molecule has 4 atom stereocenters. The number of hydrogen-bond acceptors (Lipinski definition) is 5. The lowest BCUT2D eigenvalue weighted by Crippen LogP contribution is -2.52. The van der Waals surface area contributed by atoms with Gasteiger partial charge in [-0.1, -0.05) is 42.5 Å². The van der Waals surface area contributed by atoms with Crippen LogP contribution >= 0.6 is 11.6 Å². The molecule has 2 saturated heterocycles. The van der Waals surface area contributed by atoms with Gasteiger partial charge in [0.05, 0.1) is 19.3 Å². The number of alkyl halides is 1. The van der Waals surface area contributed by atoms with Crippen molar-refractivity contribution in [1.82, 2.24) is 0 Å². The van der Waals surface area contributed by atoms with Crippen molar-refractivity contribution in [2.45, 2.75) is 76.7 Å². The molecule has 28 heavy (non-hydrogen) atoms. The van der Waals surface area contributed by atoms with Crippen LogP contribution in [0, 0.1) is 0 Å². The van der Waals surface area contributed by atoms with Crippen molar-refractivity contribution in [2.24, 2.45) is 0 Å². The fourth-order valence-corrected chi connectivity index (χ4v) is 3.80. The monoisotopic (exact) mass is 410 g/mol. The van der Waals surface area contributed by atoms with Crippen molar-refractivity contribution >= 4 is 11.6 Å². The van der Waals surface area contributed by atoms with E-state index in [9.17, 15) is 0 Å². The van der Waals surface area contributed by atoms with E-state index < -0.39 is 11.6 Å². The third-order valence-electron chi connectivity index (χ3n) is 4.84. The van der Waals surface area contributed by atoms with Crippen LogP contribution in [0.25, 0.3) is 0 Å². The molecule has 0 spiro atoms. The summed E-state index contributed by atoms with van der Waals surface area (Å²) in [6.07, 6.45) is 3.52. The molecule has 5 nitrogen and oxygen atoms in total. The van der Waals surface area contributed by atoms with E-state index in [4.69, 9.17) is 35.3 Å². The van der Waals surface area contributed by atoms with E-state index in [1.807, 2.05) is 70.2 Å². The molecule has 0 aromatic heterocycles. The lowest BCUT2D eigenvalue weighted by molar-refractivity contribution is -0.301. The van der Waals surface area contributed by atoms with Crippen molar-refractivity contribution in [2.75, 3.05) is 12.5 Å². The molecule has 0 radical (unpaired) electrons. The molecule has 3 rings (SSSR count). The molecule has 2 aliphatic rings. The maximum Gasteiger partial charge on any atom is 0.164 e. The van der Waals surface area contributed by atoms with Gasteiger partial charge in [-0.05, 0) is 39.7 Å². The fourth-order valence-electron chi connectivity index (χ4n) is 3.70. The van der Waals surface area contributed by atoms with Crippen LogP contribution in [-0.2, 0) is 30.3 Å². The van der Waals surface area contributed by atoms with Crippen molar-refractivity contribution in [1.29, 1.82) is 0 Å². The highest BCUT2D eigenvalue weighted by Crippen LogP contribution is 2.36.